The lowest BCUT2D eigenvalue weighted by Crippen LogP contribution is -2.38. The summed E-state index contributed by atoms with van der Waals surface area (Å²) < 4.78 is 5.34. The number of benzene rings is 2. The van der Waals surface area contributed by atoms with Gasteiger partial charge in [0, 0.05) is 60.0 Å². The molecule has 182 valence electrons. The molecule has 1 unspecified atom stereocenters. The molecular formula is C25H28N6O4. The molecule has 10 nitrogen and oxygen atoms in total. The zero-order valence-electron chi connectivity index (χ0n) is 20.1. The number of fused-ring (bicyclic) bond motifs is 1. The molecule has 2 aromatic heterocycles. The topological polar surface area (TPSA) is 129 Å². The maximum Gasteiger partial charge on any atom is 0.317 e. The first-order chi connectivity index (χ1) is 16.8. The van der Waals surface area contributed by atoms with E-state index in [9.17, 15) is 14.9 Å². The van der Waals surface area contributed by atoms with Gasteiger partial charge in [0.1, 0.15) is 11.6 Å². The number of carbonyl (C=O) groups is 1. The summed E-state index contributed by atoms with van der Waals surface area (Å²) in [5, 5.41) is 15.1. The number of imidazole rings is 1. The second kappa shape index (κ2) is 9.88. The van der Waals surface area contributed by atoms with E-state index in [0.29, 0.717) is 23.6 Å². The molecule has 2 amide bonds. The van der Waals surface area contributed by atoms with E-state index in [2.05, 4.69) is 27.2 Å². The number of aromatic nitrogens is 3. The van der Waals surface area contributed by atoms with Crippen molar-refractivity contribution in [1.29, 1.82) is 0 Å². The molecule has 1 atom stereocenters. The highest BCUT2D eigenvalue weighted by atomic mass is 16.6. The molecule has 4 rings (SSSR count). The number of aryl methyl sites for hydroxylation is 1. The van der Waals surface area contributed by atoms with E-state index in [1.54, 1.807) is 31.2 Å². The van der Waals surface area contributed by atoms with Crippen molar-refractivity contribution < 1.29 is 14.5 Å². The Bertz CT molecular complexity index is 1380. The van der Waals surface area contributed by atoms with Crippen LogP contribution < -0.4 is 10.1 Å². The van der Waals surface area contributed by atoms with Gasteiger partial charge in [0.2, 0.25) is 0 Å². The number of nitrogens with one attached hydrogen (secondary N) is 3. The first kappa shape index (κ1) is 23.8. The quantitative estimate of drug-likeness (QED) is 0.250. The van der Waals surface area contributed by atoms with Crippen LogP contribution >= 0.6 is 0 Å². The van der Waals surface area contributed by atoms with Gasteiger partial charge < -0.3 is 24.9 Å². The highest BCUT2D eigenvalue weighted by Gasteiger charge is 2.18. The summed E-state index contributed by atoms with van der Waals surface area (Å²) in [5.41, 5.74) is 4.17. The zero-order valence-corrected chi connectivity index (χ0v) is 20.1. The number of nitro benzene ring substituents is 1. The molecule has 4 aromatic rings. The van der Waals surface area contributed by atoms with Crippen LogP contribution in [0.15, 0.2) is 48.7 Å². The number of rotatable bonds is 8. The van der Waals surface area contributed by atoms with Gasteiger partial charge in [0.05, 0.1) is 24.3 Å². The molecule has 10 heteroatoms. The van der Waals surface area contributed by atoms with Gasteiger partial charge in [0.25, 0.3) is 5.69 Å². The maximum atomic E-state index is 12.7. The summed E-state index contributed by atoms with van der Waals surface area (Å²) in [5.74, 6) is 1.46. The minimum absolute atomic E-state index is 0.00529. The molecule has 2 heterocycles. The lowest BCUT2D eigenvalue weighted by molar-refractivity contribution is -0.384. The van der Waals surface area contributed by atoms with Crippen molar-refractivity contribution in [1.82, 2.24) is 25.2 Å². The van der Waals surface area contributed by atoms with E-state index in [1.807, 2.05) is 31.3 Å². The van der Waals surface area contributed by atoms with Gasteiger partial charge in [-0.15, -0.1) is 0 Å². The smallest absolute Gasteiger partial charge is 0.317 e. The molecule has 0 radical (unpaired) electrons. The molecule has 2 aromatic carbocycles. The summed E-state index contributed by atoms with van der Waals surface area (Å²) in [6.07, 6.45) is 1.96. The third kappa shape index (κ3) is 5.11. The van der Waals surface area contributed by atoms with Crippen LogP contribution in [0.3, 0.4) is 0 Å². The van der Waals surface area contributed by atoms with Crippen molar-refractivity contribution in [3.8, 4) is 17.0 Å². The third-order valence-electron chi connectivity index (χ3n) is 6.01. The van der Waals surface area contributed by atoms with Crippen molar-refractivity contribution in [2.24, 2.45) is 0 Å². The summed E-state index contributed by atoms with van der Waals surface area (Å²) in [6, 6.07) is 12.0. The van der Waals surface area contributed by atoms with Gasteiger partial charge in [-0.2, -0.15) is 0 Å². The Morgan fingerprint density at radius 3 is 2.83 bits per heavy atom. The van der Waals surface area contributed by atoms with Crippen molar-refractivity contribution in [3.05, 3.63) is 75.9 Å². The highest BCUT2D eigenvalue weighted by molar-refractivity contribution is 5.85. The number of urea groups is 1. The van der Waals surface area contributed by atoms with Crippen LogP contribution in [0.2, 0.25) is 0 Å². The van der Waals surface area contributed by atoms with Crippen LogP contribution in [-0.2, 0) is 6.54 Å². The summed E-state index contributed by atoms with van der Waals surface area (Å²) >= 11 is 0. The lowest BCUT2D eigenvalue weighted by Gasteiger charge is -2.19. The molecule has 0 saturated carbocycles. The lowest BCUT2D eigenvalue weighted by atomic mass is 10.0. The van der Waals surface area contributed by atoms with Crippen LogP contribution in [0.5, 0.6) is 5.75 Å². The third-order valence-corrected chi connectivity index (χ3v) is 6.01. The molecule has 0 bridgehead atoms. The number of amides is 2. The summed E-state index contributed by atoms with van der Waals surface area (Å²) in [6.45, 7) is 4.63. The standard InChI is InChI=1S/C25H28N6O4/c1-15(21-13-26-22-9-8-19(35-4)11-20(21)22)12-27-25(32)30(3)14-23-28-16(2)24(29-23)17-6-5-7-18(10-17)31(33)34/h5-11,13,15,26H,12,14H2,1-4H3,(H,27,32)(H,28,29). The second-order valence-corrected chi connectivity index (χ2v) is 8.56. The molecule has 0 spiro atoms. The number of carbonyl (C=O) groups excluding carboxylic acids is 1. The number of nitro groups is 1. The molecule has 3 N–H and O–H groups in total. The largest absolute Gasteiger partial charge is 0.497 e. The molecule has 0 aliphatic rings. The van der Waals surface area contributed by atoms with Crippen molar-refractivity contribution in [3.63, 3.8) is 0 Å². The van der Waals surface area contributed by atoms with Gasteiger partial charge in [-0.25, -0.2) is 9.78 Å². The highest BCUT2D eigenvalue weighted by Crippen LogP contribution is 2.29. The van der Waals surface area contributed by atoms with E-state index in [-0.39, 0.29) is 24.2 Å². The van der Waals surface area contributed by atoms with Crippen LogP contribution in [-0.4, -0.2) is 51.5 Å². The van der Waals surface area contributed by atoms with Gasteiger partial charge in [-0.3, -0.25) is 10.1 Å². The Morgan fingerprint density at radius 2 is 2.09 bits per heavy atom. The zero-order chi connectivity index (χ0) is 25.1. The van der Waals surface area contributed by atoms with Crippen LogP contribution in [0, 0.1) is 17.0 Å². The molecule has 35 heavy (non-hydrogen) atoms. The van der Waals surface area contributed by atoms with Crippen LogP contribution in [0.1, 0.15) is 29.9 Å². The van der Waals surface area contributed by atoms with Crippen molar-refractivity contribution in [2.75, 3.05) is 20.7 Å². The fraction of sp³-hybridized carbons (Fsp3) is 0.280. The van der Waals surface area contributed by atoms with Gasteiger partial charge in [-0.1, -0.05) is 19.1 Å². The SMILES string of the molecule is COc1ccc2[nH]cc(C(C)CNC(=O)N(C)Cc3nc(-c4cccc([N+](=O)[O-])c4)c(C)[nH]3)c2c1. The van der Waals surface area contributed by atoms with E-state index in [1.165, 1.54) is 12.1 Å². The van der Waals surface area contributed by atoms with Crippen molar-refractivity contribution >= 4 is 22.6 Å². The molecule has 0 fully saturated rings. The Kier molecular flexibility index (Phi) is 6.72. The Morgan fingerprint density at radius 1 is 1.29 bits per heavy atom. The molecule has 0 aliphatic carbocycles. The van der Waals surface area contributed by atoms with Crippen LogP contribution in [0.4, 0.5) is 10.5 Å². The van der Waals surface area contributed by atoms with E-state index < -0.39 is 4.92 Å². The number of nitrogens with zero attached hydrogens (tertiary/aromatic N) is 3. The van der Waals surface area contributed by atoms with Gasteiger partial charge in [-0.05, 0) is 30.7 Å². The van der Waals surface area contributed by atoms with E-state index >= 15 is 0 Å². The first-order valence-electron chi connectivity index (χ1n) is 11.2. The van der Waals surface area contributed by atoms with E-state index in [0.717, 1.165) is 27.9 Å². The minimum Gasteiger partial charge on any atom is -0.497 e. The monoisotopic (exact) mass is 476 g/mol. The maximum absolute atomic E-state index is 12.7. The first-order valence-corrected chi connectivity index (χ1v) is 11.2. The minimum atomic E-state index is -0.432. The van der Waals surface area contributed by atoms with Crippen molar-refractivity contribution in [2.45, 2.75) is 26.3 Å². The predicted octanol–water partition coefficient (Wildman–Crippen LogP) is 4.73. The molecule has 0 saturated heterocycles. The average molecular weight is 477 g/mol. The predicted molar refractivity (Wildman–Crippen MR) is 134 cm³/mol. The number of ether oxygens (including phenoxy) is 1. The number of non-ortho nitro benzene ring substituents is 1. The number of hydrogen-bond acceptors (Lipinski definition) is 5. The summed E-state index contributed by atoms with van der Waals surface area (Å²) in [4.78, 5) is 36.0. The number of H-pyrrole nitrogens is 2. The summed E-state index contributed by atoms with van der Waals surface area (Å²) in [7, 11) is 3.33. The fourth-order valence-electron chi connectivity index (χ4n) is 4.08. The van der Waals surface area contributed by atoms with Gasteiger partial charge >= 0.3 is 6.03 Å². The number of methoxy groups -OCH3 is 1. The fourth-order valence-corrected chi connectivity index (χ4v) is 4.08. The molecular weight excluding hydrogens is 448 g/mol. The Hall–Kier alpha value is -4.34. The van der Waals surface area contributed by atoms with Crippen LogP contribution in [0.25, 0.3) is 22.2 Å². The normalized spacial score (nSPS) is 11.9. The number of hydrogen-bond donors (Lipinski definition) is 3. The molecule has 0 aliphatic heterocycles. The average Bonchev–Trinajstić information content (AvgIpc) is 3.44. The van der Waals surface area contributed by atoms with E-state index in [4.69, 9.17) is 4.74 Å². The Labute approximate surface area is 202 Å². The second-order valence-electron chi connectivity index (χ2n) is 8.56. The number of aromatic amines is 2. The Balaban J connectivity index is 1.39. The van der Waals surface area contributed by atoms with Gasteiger partial charge in [0.15, 0.2) is 0 Å².